The lowest BCUT2D eigenvalue weighted by Gasteiger charge is -2.16. The van der Waals surface area contributed by atoms with Gasteiger partial charge in [0.15, 0.2) is 10.3 Å². The Morgan fingerprint density at radius 1 is 1.03 bits per heavy atom. The lowest BCUT2D eigenvalue weighted by atomic mass is 10.2. The quantitative estimate of drug-likeness (QED) is 0.486. The van der Waals surface area contributed by atoms with Gasteiger partial charge in [-0.05, 0) is 61.7 Å². The minimum atomic E-state index is 0.525. The van der Waals surface area contributed by atoms with E-state index in [0.29, 0.717) is 11.1 Å². The van der Waals surface area contributed by atoms with Crippen LogP contribution in [0.4, 0.5) is 17.0 Å². The molecule has 8 heteroatoms. The largest absolute Gasteiger partial charge is 0.341 e. The number of rotatable bonds is 6. The van der Waals surface area contributed by atoms with Gasteiger partial charge in [-0.3, -0.25) is 5.32 Å². The number of aromatic nitrogens is 4. The van der Waals surface area contributed by atoms with Crippen LogP contribution in [0.1, 0.15) is 30.6 Å². The molecule has 0 spiro atoms. The summed E-state index contributed by atoms with van der Waals surface area (Å²) in [5.41, 5.74) is 4.42. The van der Waals surface area contributed by atoms with Crippen LogP contribution in [0.3, 0.4) is 0 Å². The molecule has 1 aliphatic heterocycles. The van der Waals surface area contributed by atoms with Gasteiger partial charge in [-0.15, -0.1) is 5.73 Å². The molecule has 0 unspecified atom stereocenters. The van der Waals surface area contributed by atoms with Gasteiger partial charge in [0, 0.05) is 29.8 Å². The molecule has 0 bridgehead atoms. The Bertz CT molecular complexity index is 1140. The Hall–Kier alpha value is -2.93. The molecule has 1 N–H and O–H groups in total. The first-order valence-electron chi connectivity index (χ1n) is 10.4. The number of hydrogen-bond acceptors (Lipinski definition) is 8. The molecule has 3 heterocycles. The number of nitrogens with one attached hydrogen (secondary N) is 1. The Kier molecular flexibility index (Phi) is 6.11. The zero-order chi connectivity index (χ0) is 20.9. The van der Waals surface area contributed by atoms with E-state index in [4.69, 9.17) is 9.97 Å². The minimum absolute atomic E-state index is 0.525. The van der Waals surface area contributed by atoms with Gasteiger partial charge in [0.2, 0.25) is 11.9 Å². The van der Waals surface area contributed by atoms with Gasteiger partial charge in [0.25, 0.3) is 0 Å². The maximum absolute atomic E-state index is 4.72. The van der Waals surface area contributed by atoms with Crippen molar-refractivity contribution in [1.82, 2.24) is 19.9 Å². The summed E-state index contributed by atoms with van der Waals surface area (Å²) in [6, 6.07) is 10.2. The van der Waals surface area contributed by atoms with E-state index in [1.165, 1.54) is 12.8 Å². The number of thiazole rings is 1. The van der Waals surface area contributed by atoms with Gasteiger partial charge < -0.3 is 4.90 Å². The number of allylic oxidation sites excluding steroid dienone is 3. The van der Waals surface area contributed by atoms with Gasteiger partial charge in [0.1, 0.15) is 0 Å². The first-order chi connectivity index (χ1) is 15.3. The smallest absolute Gasteiger partial charge is 0.234 e. The number of hydrogen-bond donors (Lipinski definition) is 1. The summed E-state index contributed by atoms with van der Waals surface area (Å²) in [5, 5.41) is 4.74. The topological polar surface area (TPSA) is 66.8 Å². The van der Waals surface area contributed by atoms with Crippen molar-refractivity contribution in [3.05, 3.63) is 65.4 Å². The van der Waals surface area contributed by atoms with E-state index in [1.54, 1.807) is 23.1 Å². The van der Waals surface area contributed by atoms with Crippen molar-refractivity contribution in [3.63, 3.8) is 0 Å². The highest BCUT2D eigenvalue weighted by atomic mass is 32.2. The summed E-state index contributed by atoms with van der Waals surface area (Å²) >= 11 is 3.12. The second-order valence-corrected chi connectivity index (χ2v) is 9.32. The fraction of sp³-hybridized carbons (Fsp3) is 0.261. The van der Waals surface area contributed by atoms with E-state index in [1.807, 2.05) is 24.4 Å². The molecule has 5 rings (SSSR count). The molecule has 31 heavy (non-hydrogen) atoms. The zero-order valence-corrected chi connectivity index (χ0v) is 18.6. The Labute approximate surface area is 189 Å². The van der Waals surface area contributed by atoms with Crippen LogP contribution in [0.25, 0.3) is 5.57 Å². The molecular formula is C23H22N6S2. The Morgan fingerprint density at radius 2 is 1.90 bits per heavy atom. The lowest BCUT2D eigenvalue weighted by molar-refractivity contribution is 0.831. The molecule has 6 nitrogen and oxygen atoms in total. The van der Waals surface area contributed by atoms with Crippen molar-refractivity contribution in [2.45, 2.75) is 35.7 Å². The molecule has 2 aromatic heterocycles. The van der Waals surface area contributed by atoms with Gasteiger partial charge in [0.05, 0.1) is 4.88 Å². The van der Waals surface area contributed by atoms with Crippen LogP contribution in [-0.4, -0.2) is 33.0 Å². The molecule has 3 aromatic rings. The summed E-state index contributed by atoms with van der Waals surface area (Å²) in [7, 11) is 0. The van der Waals surface area contributed by atoms with E-state index in [2.05, 4.69) is 56.3 Å². The molecular weight excluding hydrogens is 424 g/mol. The van der Waals surface area contributed by atoms with Crippen LogP contribution in [0.5, 0.6) is 0 Å². The van der Waals surface area contributed by atoms with Crippen LogP contribution in [0, 0.1) is 0 Å². The molecule has 0 radical (unpaired) electrons. The van der Waals surface area contributed by atoms with Crippen LogP contribution < -0.4 is 10.2 Å². The summed E-state index contributed by atoms with van der Waals surface area (Å²) in [6.07, 6.45) is 12.7. The van der Waals surface area contributed by atoms with E-state index < -0.39 is 0 Å². The van der Waals surface area contributed by atoms with Crippen molar-refractivity contribution in [1.29, 1.82) is 0 Å². The standard InChI is InChI=1S/C23H22N6S2/c1-2-5-11-17(10-4-1)19-16-24-22(31-19)26-20-25-21(29-14-8-9-15-29)28-23(27-20)30-18-12-6-3-7-13-18/h3-7,10,12-13,16H,1-2,8-9,14-15H2,(H,24,25,26,27,28). The summed E-state index contributed by atoms with van der Waals surface area (Å²) in [5.74, 6) is 1.25. The molecule has 156 valence electrons. The van der Waals surface area contributed by atoms with Crippen molar-refractivity contribution in [3.8, 4) is 0 Å². The molecule has 1 aromatic carbocycles. The predicted molar refractivity (Wildman–Crippen MR) is 127 cm³/mol. The normalized spacial score (nSPS) is 15.7. The highest BCUT2D eigenvalue weighted by Crippen LogP contribution is 2.31. The molecule has 2 aliphatic rings. The first kappa shape index (κ1) is 20.0. The third-order valence-corrected chi connectivity index (χ3v) is 6.77. The Balaban J connectivity index is 1.42. The predicted octanol–water partition coefficient (Wildman–Crippen LogP) is 5.71. The van der Waals surface area contributed by atoms with Crippen LogP contribution in [-0.2, 0) is 0 Å². The van der Waals surface area contributed by atoms with E-state index in [-0.39, 0.29) is 0 Å². The van der Waals surface area contributed by atoms with Gasteiger partial charge in [-0.25, -0.2) is 4.98 Å². The molecule has 0 amide bonds. The SMILES string of the molecule is C1=CCCC=CC=1c1cnc(Nc2nc(Sc3ccccc3)nc(N3CCCC3)n2)s1. The first-order valence-corrected chi connectivity index (χ1v) is 12.1. The van der Waals surface area contributed by atoms with Crippen molar-refractivity contribution < 1.29 is 0 Å². The minimum Gasteiger partial charge on any atom is -0.341 e. The summed E-state index contributed by atoms with van der Waals surface area (Å²) in [4.78, 5) is 23.0. The third-order valence-electron chi connectivity index (χ3n) is 4.95. The van der Waals surface area contributed by atoms with Crippen molar-refractivity contribution in [2.24, 2.45) is 0 Å². The van der Waals surface area contributed by atoms with Gasteiger partial charge in [-0.2, -0.15) is 15.0 Å². The second-order valence-electron chi connectivity index (χ2n) is 7.25. The number of nitrogens with zero attached hydrogens (tertiary/aromatic N) is 5. The fourth-order valence-electron chi connectivity index (χ4n) is 3.42. The van der Waals surface area contributed by atoms with E-state index in [0.717, 1.165) is 52.4 Å². The molecule has 1 aliphatic carbocycles. The highest BCUT2D eigenvalue weighted by molar-refractivity contribution is 7.99. The van der Waals surface area contributed by atoms with Gasteiger partial charge in [-0.1, -0.05) is 35.6 Å². The summed E-state index contributed by atoms with van der Waals surface area (Å²) in [6.45, 7) is 1.96. The number of benzene rings is 1. The van der Waals surface area contributed by atoms with Crippen molar-refractivity contribution >= 4 is 45.7 Å². The van der Waals surface area contributed by atoms with Crippen LogP contribution in [0.15, 0.2) is 70.5 Å². The lowest BCUT2D eigenvalue weighted by Crippen LogP contribution is -2.21. The van der Waals surface area contributed by atoms with E-state index in [9.17, 15) is 0 Å². The zero-order valence-electron chi connectivity index (χ0n) is 17.0. The molecule has 0 saturated carbocycles. The summed E-state index contributed by atoms with van der Waals surface area (Å²) < 4.78 is 0. The van der Waals surface area contributed by atoms with Crippen molar-refractivity contribution in [2.75, 3.05) is 23.3 Å². The molecule has 1 saturated heterocycles. The fourth-order valence-corrected chi connectivity index (χ4v) is 4.98. The molecule has 1 fully saturated rings. The van der Waals surface area contributed by atoms with E-state index >= 15 is 0 Å². The maximum Gasteiger partial charge on any atom is 0.234 e. The Morgan fingerprint density at radius 3 is 2.77 bits per heavy atom. The van der Waals surface area contributed by atoms with Crippen LogP contribution in [0.2, 0.25) is 0 Å². The maximum atomic E-state index is 4.72. The van der Waals surface area contributed by atoms with Crippen LogP contribution >= 0.6 is 23.1 Å². The monoisotopic (exact) mass is 446 g/mol. The highest BCUT2D eigenvalue weighted by Gasteiger charge is 2.18. The number of anilines is 3. The molecule has 0 atom stereocenters. The van der Waals surface area contributed by atoms with Gasteiger partial charge >= 0.3 is 0 Å². The third kappa shape index (κ3) is 5.05. The second kappa shape index (κ2) is 9.47. The average molecular weight is 447 g/mol. The average Bonchev–Trinajstić information content (AvgIpc) is 3.42.